The Kier molecular flexibility index (Phi) is 2.46. The predicted molar refractivity (Wildman–Crippen MR) is 71.1 cm³/mol. The smallest absolute Gasteiger partial charge is 0.138 e. The first-order valence-corrected chi connectivity index (χ1v) is 6.39. The highest BCUT2D eigenvalue weighted by Gasteiger charge is 2.13. The van der Waals surface area contributed by atoms with Crippen LogP contribution in [0.2, 0.25) is 0 Å². The van der Waals surface area contributed by atoms with Gasteiger partial charge in [-0.2, -0.15) is 0 Å². The van der Waals surface area contributed by atoms with Gasteiger partial charge in [0, 0.05) is 12.7 Å². The highest BCUT2D eigenvalue weighted by molar-refractivity contribution is 7.13. The summed E-state index contributed by atoms with van der Waals surface area (Å²) in [4.78, 5) is 5.85. The summed E-state index contributed by atoms with van der Waals surface area (Å²) in [7, 11) is 0. The maximum Gasteiger partial charge on any atom is 0.138 e. The zero-order chi connectivity index (χ0) is 11.8. The first-order valence-electron chi connectivity index (χ1n) is 5.51. The minimum absolute atomic E-state index is 0.497. The third-order valence-electron chi connectivity index (χ3n) is 2.83. The van der Waals surface area contributed by atoms with Crippen LogP contribution in [0.3, 0.4) is 0 Å². The molecule has 0 amide bonds. The van der Waals surface area contributed by atoms with Crippen LogP contribution >= 0.6 is 11.3 Å². The Morgan fingerprint density at radius 2 is 2.29 bits per heavy atom. The number of imidazole rings is 1. The summed E-state index contributed by atoms with van der Waals surface area (Å²) >= 11 is 1.69. The molecular weight excluding hydrogens is 230 g/mol. The topological polar surface area (TPSA) is 43.3 Å². The van der Waals surface area contributed by atoms with Gasteiger partial charge in [-0.25, -0.2) is 4.98 Å². The van der Waals surface area contributed by atoms with Crippen molar-refractivity contribution in [3.63, 3.8) is 0 Å². The molecule has 3 aromatic rings. The Labute approximate surface area is 104 Å². The van der Waals surface area contributed by atoms with E-state index in [4.69, 9.17) is 5.73 Å². The molecule has 17 heavy (non-hydrogen) atoms. The predicted octanol–water partition coefficient (Wildman–Crippen LogP) is 2.83. The van der Waals surface area contributed by atoms with Crippen molar-refractivity contribution < 1.29 is 0 Å². The van der Waals surface area contributed by atoms with Crippen LogP contribution in [-0.2, 0) is 6.54 Å². The summed E-state index contributed by atoms with van der Waals surface area (Å²) in [5, 5.41) is 2.06. The van der Waals surface area contributed by atoms with Crippen molar-refractivity contribution in [2.45, 2.75) is 13.5 Å². The van der Waals surface area contributed by atoms with Gasteiger partial charge in [-0.3, -0.25) is 0 Å². The van der Waals surface area contributed by atoms with E-state index in [1.807, 2.05) is 12.3 Å². The number of hydrogen-bond acceptors (Lipinski definition) is 3. The molecule has 0 aliphatic heterocycles. The van der Waals surface area contributed by atoms with Crippen LogP contribution in [0.15, 0.2) is 35.8 Å². The van der Waals surface area contributed by atoms with Gasteiger partial charge >= 0.3 is 0 Å². The number of aromatic nitrogens is 2. The molecule has 4 heteroatoms. The van der Waals surface area contributed by atoms with Gasteiger partial charge < -0.3 is 10.1 Å². The van der Waals surface area contributed by atoms with E-state index in [2.05, 4.69) is 39.9 Å². The highest BCUT2D eigenvalue weighted by atomic mass is 32.1. The minimum atomic E-state index is 0.497. The number of nitrogens with two attached hydrogens (primary N) is 1. The fourth-order valence-corrected chi connectivity index (χ4v) is 2.74. The SMILES string of the molecule is Cc1ccn2c(CN)c(-c3cccs3)nc2c1. The molecule has 0 saturated carbocycles. The molecule has 0 aliphatic rings. The lowest BCUT2D eigenvalue weighted by molar-refractivity contribution is 0.961. The van der Waals surface area contributed by atoms with Gasteiger partial charge in [0.25, 0.3) is 0 Å². The molecule has 2 N–H and O–H groups in total. The van der Waals surface area contributed by atoms with Gasteiger partial charge in [-0.15, -0.1) is 11.3 Å². The van der Waals surface area contributed by atoms with Crippen molar-refractivity contribution in [2.24, 2.45) is 5.73 Å². The maximum absolute atomic E-state index is 5.85. The molecule has 3 rings (SSSR count). The summed E-state index contributed by atoms with van der Waals surface area (Å²) in [6, 6.07) is 8.27. The molecule has 0 aliphatic carbocycles. The van der Waals surface area contributed by atoms with Gasteiger partial charge in [-0.1, -0.05) is 6.07 Å². The molecule has 0 spiro atoms. The molecule has 0 bridgehead atoms. The second kappa shape index (κ2) is 3.98. The van der Waals surface area contributed by atoms with Crippen LogP contribution in [0.5, 0.6) is 0 Å². The molecule has 0 radical (unpaired) electrons. The van der Waals surface area contributed by atoms with Gasteiger partial charge in [0.2, 0.25) is 0 Å². The van der Waals surface area contributed by atoms with Gasteiger partial charge in [0.15, 0.2) is 0 Å². The first-order chi connectivity index (χ1) is 8.29. The van der Waals surface area contributed by atoms with Gasteiger partial charge in [0.1, 0.15) is 11.3 Å². The molecule has 0 saturated heterocycles. The monoisotopic (exact) mass is 243 g/mol. The van der Waals surface area contributed by atoms with E-state index < -0.39 is 0 Å². The van der Waals surface area contributed by atoms with Crippen LogP contribution < -0.4 is 5.73 Å². The lowest BCUT2D eigenvalue weighted by atomic mass is 10.2. The standard InChI is InChI=1S/C13H13N3S/c1-9-4-5-16-10(8-14)13(15-12(16)7-9)11-3-2-6-17-11/h2-7H,8,14H2,1H3. The third-order valence-corrected chi connectivity index (χ3v) is 3.71. The first kappa shape index (κ1) is 10.5. The molecular formula is C13H13N3S. The summed E-state index contributed by atoms with van der Waals surface area (Å²) < 4.78 is 2.07. The number of nitrogens with zero attached hydrogens (tertiary/aromatic N) is 2. The van der Waals surface area contributed by atoms with Gasteiger partial charge in [0.05, 0.1) is 10.6 Å². The second-order valence-corrected chi connectivity index (χ2v) is 4.97. The van der Waals surface area contributed by atoms with Crippen LogP contribution in [0.1, 0.15) is 11.3 Å². The second-order valence-electron chi connectivity index (χ2n) is 4.02. The molecule has 86 valence electrons. The van der Waals surface area contributed by atoms with Crippen molar-refractivity contribution in [3.05, 3.63) is 47.1 Å². The highest BCUT2D eigenvalue weighted by Crippen LogP contribution is 2.28. The van der Waals surface area contributed by atoms with E-state index >= 15 is 0 Å². The zero-order valence-corrected chi connectivity index (χ0v) is 10.4. The van der Waals surface area contributed by atoms with Crippen molar-refractivity contribution >= 4 is 17.0 Å². The summed E-state index contributed by atoms with van der Waals surface area (Å²) in [6.07, 6.45) is 2.04. The average molecular weight is 243 g/mol. The van der Waals surface area contributed by atoms with E-state index in [1.165, 1.54) is 10.4 Å². The molecule has 0 fully saturated rings. The van der Waals surface area contributed by atoms with Crippen LogP contribution in [0, 0.1) is 6.92 Å². The Hall–Kier alpha value is -1.65. The van der Waals surface area contributed by atoms with Crippen LogP contribution in [0.25, 0.3) is 16.2 Å². The van der Waals surface area contributed by atoms with E-state index in [9.17, 15) is 0 Å². The number of fused-ring (bicyclic) bond motifs is 1. The summed E-state index contributed by atoms with van der Waals surface area (Å²) in [6.45, 7) is 2.57. The average Bonchev–Trinajstić information content (AvgIpc) is 2.94. The normalized spacial score (nSPS) is 11.2. The summed E-state index contributed by atoms with van der Waals surface area (Å²) in [5.41, 5.74) is 10.1. The quantitative estimate of drug-likeness (QED) is 0.752. The lowest BCUT2D eigenvalue weighted by Gasteiger charge is -2.00. The maximum atomic E-state index is 5.85. The minimum Gasteiger partial charge on any atom is -0.325 e. The van der Waals surface area contributed by atoms with E-state index in [-0.39, 0.29) is 0 Å². The number of aryl methyl sites for hydroxylation is 1. The Balaban J connectivity index is 2.31. The van der Waals surface area contributed by atoms with E-state index in [0.29, 0.717) is 6.54 Å². The van der Waals surface area contributed by atoms with Crippen LogP contribution in [0.4, 0.5) is 0 Å². The zero-order valence-electron chi connectivity index (χ0n) is 9.55. The number of pyridine rings is 1. The Bertz CT molecular complexity index is 653. The molecule has 0 aromatic carbocycles. The molecule has 0 atom stereocenters. The van der Waals surface area contributed by atoms with E-state index in [0.717, 1.165) is 17.0 Å². The molecule has 3 heterocycles. The third kappa shape index (κ3) is 1.66. The fourth-order valence-electron chi connectivity index (χ4n) is 2.00. The molecule has 3 aromatic heterocycles. The molecule has 0 unspecified atom stereocenters. The van der Waals surface area contributed by atoms with Crippen molar-refractivity contribution in [3.8, 4) is 10.6 Å². The molecule has 3 nitrogen and oxygen atoms in total. The largest absolute Gasteiger partial charge is 0.325 e. The van der Waals surface area contributed by atoms with Crippen molar-refractivity contribution in [2.75, 3.05) is 0 Å². The fraction of sp³-hybridized carbons (Fsp3) is 0.154. The van der Waals surface area contributed by atoms with Gasteiger partial charge in [-0.05, 0) is 36.1 Å². The van der Waals surface area contributed by atoms with E-state index in [1.54, 1.807) is 11.3 Å². The Morgan fingerprint density at radius 3 is 3.00 bits per heavy atom. The number of thiophene rings is 1. The lowest BCUT2D eigenvalue weighted by Crippen LogP contribution is -2.02. The summed E-state index contributed by atoms with van der Waals surface area (Å²) in [5.74, 6) is 0. The van der Waals surface area contributed by atoms with Crippen molar-refractivity contribution in [1.82, 2.24) is 9.38 Å². The number of hydrogen-bond donors (Lipinski definition) is 1. The van der Waals surface area contributed by atoms with Crippen molar-refractivity contribution in [1.29, 1.82) is 0 Å². The van der Waals surface area contributed by atoms with Crippen LogP contribution in [-0.4, -0.2) is 9.38 Å². The Morgan fingerprint density at radius 1 is 1.41 bits per heavy atom. The number of rotatable bonds is 2.